The van der Waals surface area contributed by atoms with Crippen molar-refractivity contribution in [3.63, 3.8) is 0 Å². The average molecular weight is 245 g/mol. The summed E-state index contributed by atoms with van der Waals surface area (Å²) in [6.07, 6.45) is 3.28. The van der Waals surface area contributed by atoms with Crippen molar-refractivity contribution in [1.29, 1.82) is 0 Å². The standard InChI is InChI=1S/C8H6N3.ClH.Zn/c1-2-4-8(5-3-1)11-9-6-7-10-11;;/h1-4,6-7H;1H;/q-1;;+2/p-1. The van der Waals surface area contributed by atoms with Crippen LogP contribution in [0.15, 0.2) is 36.7 Å². The molecule has 0 bridgehead atoms. The predicted molar refractivity (Wildman–Crippen MR) is 46.0 cm³/mol. The number of nitrogens with zero attached hydrogens (tertiary/aromatic N) is 3. The van der Waals surface area contributed by atoms with E-state index < -0.39 is 0 Å². The smallest absolute Gasteiger partial charge is 0.0696 e. The van der Waals surface area contributed by atoms with E-state index in [0.29, 0.717) is 0 Å². The molecular weight excluding hydrogens is 239 g/mol. The van der Waals surface area contributed by atoms with E-state index in [0.717, 1.165) is 23.0 Å². The van der Waals surface area contributed by atoms with Gasteiger partial charge in [-0.05, 0) is 5.69 Å². The first-order valence-electron chi connectivity index (χ1n) is 3.57. The number of benzene rings is 1. The van der Waals surface area contributed by atoms with Gasteiger partial charge in [0, 0.05) is 0 Å². The van der Waals surface area contributed by atoms with Crippen molar-refractivity contribution in [3.05, 3.63) is 42.7 Å². The SMILES string of the molecule is [Cl][Zn+].[c-]1ccccc1-n1nccn1. The molecule has 2 rings (SSSR count). The first-order chi connectivity index (χ1) is 6.47. The van der Waals surface area contributed by atoms with Crippen LogP contribution in [0.3, 0.4) is 0 Å². The Morgan fingerprint density at radius 2 is 1.92 bits per heavy atom. The van der Waals surface area contributed by atoms with E-state index in [1.807, 2.05) is 24.3 Å². The summed E-state index contributed by atoms with van der Waals surface area (Å²) in [7, 11) is 4.76. The fourth-order valence-corrected chi connectivity index (χ4v) is 0.848. The van der Waals surface area contributed by atoms with Gasteiger partial charge in [0.05, 0.1) is 12.4 Å². The van der Waals surface area contributed by atoms with Crippen LogP contribution in [-0.4, -0.2) is 15.0 Å². The minimum atomic E-state index is 0.847. The molecule has 1 aromatic heterocycles. The predicted octanol–water partition coefficient (Wildman–Crippen LogP) is 1.75. The third-order valence-electron chi connectivity index (χ3n) is 1.33. The van der Waals surface area contributed by atoms with Crippen LogP contribution in [0.5, 0.6) is 0 Å². The molecule has 5 heteroatoms. The first-order valence-corrected chi connectivity index (χ1v) is 7.47. The zero-order valence-electron chi connectivity index (χ0n) is 6.89. The van der Waals surface area contributed by atoms with Crippen molar-refractivity contribution in [2.45, 2.75) is 0 Å². The molecule has 0 aliphatic carbocycles. The summed E-state index contributed by atoms with van der Waals surface area (Å²) >= 11 is 0.847. The van der Waals surface area contributed by atoms with Gasteiger partial charge in [-0.1, -0.05) is 0 Å². The van der Waals surface area contributed by atoms with E-state index in [9.17, 15) is 0 Å². The van der Waals surface area contributed by atoms with Crippen molar-refractivity contribution in [2.24, 2.45) is 0 Å². The third kappa shape index (κ3) is 2.90. The molecule has 0 unspecified atom stereocenters. The van der Waals surface area contributed by atoms with Crippen LogP contribution in [-0.2, 0) is 17.3 Å². The molecule has 3 nitrogen and oxygen atoms in total. The van der Waals surface area contributed by atoms with E-state index in [1.54, 1.807) is 12.4 Å². The van der Waals surface area contributed by atoms with Crippen LogP contribution in [0, 0.1) is 6.07 Å². The van der Waals surface area contributed by atoms with E-state index in [-0.39, 0.29) is 0 Å². The van der Waals surface area contributed by atoms with Crippen LogP contribution in [0.4, 0.5) is 0 Å². The molecular formula is C8H6ClN3Zn. The van der Waals surface area contributed by atoms with Crippen molar-refractivity contribution in [1.82, 2.24) is 15.0 Å². The van der Waals surface area contributed by atoms with E-state index in [1.165, 1.54) is 4.80 Å². The number of hydrogen-bond donors (Lipinski definition) is 0. The summed E-state index contributed by atoms with van der Waals surface area (Å²) < 4.78 is 0. The summed E-state index contributed by atoms with van der Waals surface area (Å²) in [6.45, 7) is 0. The molecule has 0 N–H and O–H groups in total. The Morgan fingerprint density at radius 3 is 2.46 bits per heavy atom. The first kappa shape index (κ1) is 10.4. The minimum Gasteiger partial charge on any atom is -0.177 e. The fraction of sp³-hybridized carbons (Fsp3) is 0. The summed E-state index contributed by atoms with van der Waals surface area (Å²) in [5.74, 6) is 0. The Morgan fingerprint density at radius 1 is 1.23 bits per heavy atom. The second-order valence-electron chi connectivity index (χ2n) is 2.07. The van der Waals surface area contributed by atoms with E-state index >= 15 is 0 Å². The van der Waals surface area contributed by atoms with Crippen LogP contribution < -0.4 is 0 Å². The molecule has 1 aromatic carbocycles. The van der Waals surface area contributed by atoms with Crippen LogP contribution in [0.25, 0.3) is 5.69 Å². The zero-order chi connectivity index (χ0) is 9.52. The molecule has 1 heterocycles. The van der Waals surface area contributed by atoms with E-state index in [2.05, 4.69) is 16.3 Å². The van der Waals surface area contributed by atoms with Gasteiger partial charge in [0.2, 0.25) is 0 Å². The average Bonchev–Trinajstić information content (AvgIpc) is 2.75. The summed E-state index contributed by atoms with van der Waals surface area (Å²) in [6, 6.07) is 10.6. The Labute approximate surface area is 90.4 Å². The van der Waals surface area contributed by atoms with Crippen LogP contribution in [0.1, 0.15) is 0 Å². The molecule has 0 atom stereocenters. The number of para-hydroxylation sites is 1. The second-order valence-corrected chi connectivity index (χ2v) is 2.07. The Bertz CT molecular complexity index is 322. The Kier molecular flexibility index (Phi) is 4.65. The summed E-state index contributed by atoms with van der Waals surface area (Å²) in [5, 5.41) is 7.92. The molecule has 0 radical (unpaired) electrons. The van der Waals surface area contributed by atoms with Gasteiger partial charge >= 0.3 is 27.0 Å². The van der Waals surface area contributed by atoms with Crippen molar-refractivity contribution in [3.8, 4) is 5.69 Å². The summed E-state index contributed by atoms with van der Waals surface area (Å²) in [5.41, 5.74) is 0.859. The largest absolute Gasteiger partial charge is 0.177 e. The van der Waals surface area contributed by atoms with Gasteiger partial charge in [-0.15, -0.1) is 6.07 Å². The monoisotopic (exact) mass is 243 g/mol. The molecule has 0 aliphatic heterocycles. The third-order valence-corrected chi connectivity index (χ3v) is 1.33. The number of aromatic nitrogens is 3. The zero-order valence-corrected chi connectivity index (χ0v) is 10.6. The molecule has 0 amide bonds. The quantitative estimate of drug-likeness (QED) is 0.566. The second kappa shape index (κ2) is 5.84. The molecule has 13 heavy (non-hydrogen) atoms. The number of hydrogen-bond acceptors (Lipinski definition) is 2. The maximum atomic E-state index is 4.76. The van der Waals surface area contributed by atoms with Gasteiger partial charge in [-0.3, -0.25) is 0 Å². The molecule has 62 valence electrons. The maximum absolute atomic E-state index is 4.76. The van der Waals surface area contributed by atoms with Gasteiger partial charge in [0.25, 0.3) is 0 Å². The number of rotatable bonds is 1. The van der Waals surface area contributed by atoms with Gasteiger partial charge in [0.15, 0.2) is 0 Å². The molecule has 0 saturated carbocycles. The van der Waals surface area contributed by atoms with Gasteiger partial charge in [-0.2, -0.15) is 39.3 Å². The Balaban J connectivity index is 0.000000396. The summed E-state index contributed by atoms with van der Waals surface area (Å²) in [4.78, 5) is 1.53. The molecule has 0 fully saturated rings. The van der Waals surface area contributed by atoms with Gasteiger partial charge in [-0.25, -0.2) is 0 Å². The Hall–Kier alpha value is -0.727. The normalized spacial score (nSPS) is 8.85. The molecule has 2 aromatic rings. The van der Waals surface area contributed by atoms with Crippen LogP contribution >= 0.6 is 9.69 Å². The number of halogens is 1. The van der Waals surface area contributed by atoms with Crippen molar-refractivity contribution >= 4 is 9.69 Å². The fourth-order valence-electron chi connectivity index (χ4n) is 0.848. The topological polar surface area (TPSA) is 30.7 Å². The van der Waals surface area contributed by atoms with Crippen LogP contribution in [0.2, 0.25) is 0 Å². The van der Waals surface area contributed by atoms with Crippen molar-refractivity contribution < 1.29 is 17.3 Å². The molecule has 0 saturated heterocycles. The molecule has 0 aliphatic rings. The van der Waals surface area contributed by atoms with Gasteiger partial charge in [0.1, 0.15) is 0 Å². The maximum Gasteiger partial charge on any atom is 0.0696 e. The van der Waals surface area contributed by atoms with Gasteiger partial charge < -0.3 is 0 Å². The molecule has 0 spiro atoms. The van der Waals surface area contributed by atoms with E-state index in [4.69, 9.17) is 9.69 Å². The van der Waals surface area contributed by atoms with Crippen molar-refractivity contribution in [2.75, 3.05) is 0 Å². The minimum absolute atomic E-state index is 0.847.